The van der Waals surface area contributed by atoms with Crippen molar-refractivity contribution in [2.24, 2.45) is 0 Å². The topological polar surface area (TPSA) is 57.7 Å². The third-order valence-corrected chi connectivity index (χ3v) is 3.25. The van der Waals surface area contributed by atoms with Gasteiger partial charge in [-0.1, -0.05) is 0 Å². The van der Waals surface area contributed by atoms with Crippen LogP contribution in [-0.4, -0.2) is 23.2 Å². The van der Waals surface area contributed by atoms with Crippen molar-refractivity contribution in [1.29, 1.82) is 0 Å². The van der Waals surface area contributed by atoms with Crippen molar-refractivity contribution in [3.63, 3.8) is 0 Å². The predicted octanol–water partition coefficient (Wildman–Crippen LogP) is 4.61. The molecule has 2 aromatic rings. The second-order valence-corrected chi connectivity index (χ2v) is 5.79. The normalized spacial score (nSPS) is 11.8. The third-order valence-electron chi connectivity index (χ3n) is 3.25. The molecule has 1 heterocycles. The first-order valence-corrected chi connectivity index (χ1v) is 7.79. The summed E-state index contributed by atoms with van der Waals surface area (Å²) in [4.78, 5) is 15.4. The number of esters is 1. The lowest BCUT2D eigenvalue weighted by Crippen LogP contribution is -2.39. The van der Waals surface area contributed by atoms with Crippen LogP contribution in [0.1, 0.15) is 26.3 Å². The molecule has 8 heteroatoms. The number of nitrogens with zero attached hydrogens (tertiary/aromatic N) is 1. The van der Waals surface area contributed by atoms with Gasteiger partial charge < -0.3 is 14.2 Å². The minimum Gasteiger partial charge on any atom is -0.476 e. The highest BCUT2D eigenvalue weighted by atomic mass is 19.4. The molecular weight excluding hydrogens is 351 g/mol. The van der Waals surface area contributed by atoms with Gasteiger partial charge in [0.15, 0.2) is 5.60 Å². The van der Waals surface area contributed by atoms with Crippen LogP contribution in [-0.2, 0) is 15.7 Å². The molecule has 0 bridgehead atoms. The fourth-order valence-electron chi connectivity index (χ4n) is 1.95. The van der Waals surface area contributed by atoms with E-state index in [0.717, 1.165) is 12.1 Å². The van der Waals surface area contributed by atoms with E-state index in [0.29, 0.717) is 17.7 Å². The second-order valence-electron chi connectivity index (χ2n) is 5.79. The molecule has 140 valence electrons. The van der Waals surface area contributed by atoms with Crippen molar-refractivity contribution in [2.45, 2.75) is 32.5 Å². The molecular formula is C18H18F3NO4. The van der Waals surface area contributed by atoms with E-state index in [2.05, 4.69) is 4.98 Å². The number of pyridine rings is 1. The number of rotatable bonds is 6. The van der Waals surface area contributed by atoms with Crippen LogP contribution in [0.5, 0.6) is 17.4 Å². The van der Waals surface area contributed by atoms with Crippen molar-refractivity contribution in [3.05, 3.63) is 48.2 Å². The Hall–Kier alpha value is -2.77. The van der Waals surface area contributed by atoms with Gasteiger partial charge in [-0.25, -0.2) is 9.78 Å². The number of benzene rings is 1. The molecule has 1 aromatic heterocycles. The average Bonchev–Trinajstić information content (AvgIpc) is 2.56. The standard InChI is InChI=1S/C18H18F3NO4/c1-4-24-16(23)17(2,3)26-14-8-6-13(7-9-14)25-15-10-5-12(11-22-15)18(19,20)21/h5-11H,4H2,1-3H3. The largest absolute Gasteiger partial charge is 0.476 e. The Bertz CT molecular complexity index is 741. The lowest BCUT2D eigenvalue weighted by molar-refractivity contribution is -0.158. The highest BCUT2D eigenvalue weighted by Crippen LogP contribution is 2.30. The first-order chi connectivity index (χ1) is 12.1. The molecule has 0 aliphatic carbocycles. The lowest BCUT2D eigenvalue weighted by atomic mass is 10.1. The Morgan fingerprint density at radius 1 is 1.04 bits per heavy atom. The van der Waals surface area contributed by atoms with E-state index in [-0.39, 0.29) is 12.5 Å². The maximum Gasteiger partial charge on any atom is 0.417 e. The highest BCUT2D eigenvalue weighted by Gasteiger charge is 2.32. The smallest absolute Gasteiger partial charge is 0.417 e. The van der Waals surface area contributed by atoms with Crippen LogP contribution in [0.15, 0.2) is 42.6 Å². The zero-order valence-corrected chi connectivity index (χ0v) is 14.5. The van der Waals surface area contributed by atoms with Crippen molar-refractivity contribution in [1.82, 2.24) is 4.98 Å². The predicted molar refractivity (Wildman–Crippen MR) is 87.1 cm³/mol. The molecule has 0 fully saturated rings. The number of hydrogen-bond acceptors (Lipinski definition) is 5. The van der Waals surface area contributed by atoms with Gasteiger partial charge in [0.2, 0.25) is 5.88 Å². The zero-order chi connectivity index (χ0) is 19.4. The summed E-state index contributed by atoms with van der Waals surface area (Å²) < 4.78 is 53.4. The van der Waals surface area contributed by atoms with Crippen molar-refractivity contribution in [3.8, 4) is 17.4 Å². The van der Waals surface area contributed by atoms with E-state index >= 15 is 0 Å². The Balaban J connectivity index is 2.02. The number of aromatic nitrogens is 1. The van der Waals surface area contributed by atoms with Crippen LogP contribution in [0.25, 0.3) is 0 Å². The maximum absolute atomic E-state index is 12.5. The van der Waals surface area contributed by atoms with Gasteiger partial charge in [0.1, 0.15) is 11.5 Å². The lowest BCUT2D eigenvalue weighted by Gasteiger charge is -2.24. The van der Waals surface area contributed by atoms with Gasteiger partial charge in [-0.3, -0.25) is 0 Å². The summed E-state index contributed by atoms with van der Waals surface area (Å²) in [7, 11) is 0. The zero-order valence-electron chi connectivity index (χ0n) is 14.5. The number of alkyl halides is 3. The number of ether oxygens (including phenoxy) is 3. The fourth-order valence-corrected chi connectivity index (χ4v) is 1.95. The van der Waals surface area contributed by atoms with Gasteiger partial charge in [0, 0.05) is 12.3 Å². The Labute approximate surface area is 148 Å². The summed E-state index contributed by atoms with van der Waals surface area (Å²) in [5, 5.41) is 0. The van der Waals surface area contributed by atoms with Gasteiger partial charge in [0.05, 0.1) is 12.2 Å². The monoisotopic (exact) mass is 369 g/mol. The molecule has 0 aliphatic rings. The minimum absolute atomic E-state index is 0.0264. The molecule has 0 spiro atoms. The summed E-state index contributed by atoms with van der Waals surface area (Å²) in [6.07, 6.45) is -3.75. The van der Waals surface area contributed by atoms with Gasteiger partial charge in [0.25, 0.3) is 0 Å². The summed E-state index contributed by atoms with van der Waals surface area (Å²) >= 11 is 0. The molecule has 0 aliphatic heterocycles. The van der Waals surface area contributed by atoms with Gasteiger partial charge in [-0.2, -0.15) is 13.2 Å². The third kappa shape index (κ3) is 5.11. The summed E-state index contributed by atoms with van der Waals surface area (Å²) in [6, 6.07) is 8.27. The van der Waals surface area contributed by atoms with Crippen LogP contribution >= 0.6 is 0 Å². The molecule has 2 rings (SSSR count). The van der Waals surface area contributed by atoms with Crippen molar-refractivity contribution in [2.75, 3.05) is 6.61 Å². The molecule has 0 saturated heterocycles. The second kappa shape index (κ2) is 7.63. The van der Waals surface area contributed by atoms with E-state index in [1.54, 1.807) is 45.0 Å². The summed E-state index contributed by atoms with van der Waals surface area (Å²) in [6.45, 7) is 5.12. The highest BCUT2D eigenvalue weighted by molar-refractivity contribution is 5.79. The van der Waals surface area contributed by atoms with Crippen LogP contribution in [0, 0.1) is 0 Å². The quantitative estimate of drug-likeness (QED) is 0.696. The van der Waals surface area contributed by atoms with Crippen molar-refractivity contribution < 1.29 is 32.2 Å². The van der Waals surface area contributed by atoms with E-state index in [1.165, 1.54) is 0 Å². The molecule has 5 nitrogen and oxygen atoms in total. The van der Waals surface area contributed by atoms with Crippen LogP contribution < -0.4 is 9.47 Å². The summed E-state index contributed by atoms with van der Waals surface area (Å²) in [5.74, 6) is 0.308. The minimum atomic E-state index is -4.45. The molecule has 26 heavy (non-hydrogen) atoms. The molecule has 0 N–H and O–H groups in total. The first kappa shape index (κ1) is 19.6. The van der Waals surface area contributed by atoms with E-state index in [1.807, 2.05) is 0 Å². The number of carbonyl (C=O) groups is 1. The maximum atomic E-state index is 12.5. The van der Waals surface area contributed by atoms with E-state index < -0.39 is 23.3 Å². The van der Waals surface area contributed by atoms with Gasteiger partial charge in [-0.05, 0) is 51.1 Å². The van der Waals surface area contributed by atoms with E-state index in [4.69, 9.17) is 14.2 Å². The molecule has 0 radical (unpaired) electrons. The molecule has 0 saturated carbocycles. The van der Waals surface area contributed by atoms with E-state index in [9.17, 15) is 18.0 Å². The Morgan fingerprint density at radius 3 is 2.15 bits per heavy atom. The van der Waals surface area contributed by atoms with Crippen LogP contribution in [0.2, 0.25) is 0 Å². The summed E-state index contributed by atoms with van der Waals surface area (Å²) in [5.41, 5.74) is -2.01. The molecule has 1 aromatic carbocycles. The molecule has 0 unspecified atom stereocenters. The van der Waals surface area contributed by atoms with Gasteiger partial charge in [-0.15, -0.1) is 0 Å². The molecule has 0 atom stereocenters. The fraction of sp³-hybridized carbons (Fsp3) is 0.333. The SMILES string of the molecule is CCOC(=O)C(C)(C)Oc1ccc(Oc2ccc(C(F)(F)F)cn2)cc1. The number of hydrogen-bond donors (Lipinski definition) is 0. The first-order valence-electron chi connectivity index (χ1n) is 7.79. The average molecular weight is 369 g/mol. The number of carbonyl (C=O) groups excluding carboxylic acids is 1. The van der Waals surface area contributed by atoms with Crippen LogP contribution in [0.4, 0.5) is 13.2 Å². The van der Waals surface area contributed by atoms with Crippen LogP contribution in [0.3, 0.4) is 0 Å². The Kier molecular flexibility index (Phi) is 5.74. The Morgan fingerprint density at radius 2 is 1.65 bits per heavy atom. The molecule has 0 amide bonds. The van der Waals surface area contributed by atoms with Crippen molar-refractivity contribution >= 4 is 5.97 Å². The number of halogens is 3. The van der Waals surface area contributed by atoms with Gasteiger partial charge >= 0.3 is 12.1 Å².